The molecular formula is C19H22N2O2. The topological polar surface area (TPSA) is 50.4 Å². The lowest BCUT2D eigenvalue weighted by Crippen LogP contribution is -2.41. The van der Waals surface area contributed by atoms with E-state index in [9.17, 15) is 4.79 Å². The van der Waals surface area contributed by atoms with Gasteiger partial charge in [0, 0.05) is 12.1 Å². The summed E-state index contributed by atoms with van der Waals surface area (Å²) in [6, 6.07) is 15.9. The highest BCUT2D eigenvalue weighted by Gasteiger charge is 2.45. The number of ether oxygens (including phenoxy) is 1. The van der Waals surface area contributed by atoms with Crippen LogP contribution in [0.15, 0.2) is 48.5 Å². The summed E-state index contributed by atoms with van der Waals surface area (Å²) < 4.78 is 5.30. The highest BCUT2D eigenvalue weighted by Crippen LogP contribution is 2.45. The SMILES string of the molecule is COc1ccccc1CNC(=O)NC1(c2ccc(C)cc2)CC1. The monoisotopic (exact) mass is 310 g/mol. The van der Waals surface area contributed by atoms with Gasteiger partial charge in [-0.1, -0.05) is 48.0 Å². The number of hydrogen-bond acceptors (Lipinski definition) is 2. The Labute approximate surface area is 136 Å². The van der Waals surface area contributed by atoms with E-state index in [1.54, 1.807) is 7.11 Å². The van der Waals surface area contributed by atoms with Crippen LogP contribution < -0.4 is 15.4 Å². The Morgan fingerprint density at radius 2 is 1.83 bits per heavy atom. The Morgan fingerprint density at radius 3 is 2.48 bits per heavy atom. The lowest BCUT2D eigenvalue weighted by Gasteiger charge is -2.19. The maximum absolute atomic E-state index is 12.2. The number of aryl methyl sites for hydroxylation is 1. The van der Waals surface area contributed by atoms with Crippen molar-refractivity contribution in [2.75, 3.05) is 7.11 Å². The molecule has 23 heavy (non-hydrogen) atoms. The minimum Gasteiger partial charge on any atom is -0.496 e. The molecule has 0 unspecified atom stereocenters. The van der Waals surface area contributed by atoms with Gasteiger partial charge in [0.1, 0.15) is 5.75 Å². The fourth-order valence-corrected chi connectivity index (χ4v) is 2.77. The van der Waals surface area contributed by atoms with E-state index in [-0.39, 0.29) is 11.6 Å². The van der Waals surface area contributed by atoms with Gasteiger partial charge in [-0.3, -0.25) is 0 Å². The molecule has 0 aromatic heterocycles. The molecule has 120 valence electrons. The third-order valence-corrected chi connectivity index (χ3v) is 4.34. The second kappa shape index (κ2) is 6.32. The average molecular weight is 310 g/mol. The van der Waals surface area contributed by atoms with E-state index in [0.717, 1.165) is 24.2 Å². The summed E-state index contributed by atoms with van der Waals surface area (Å²) in [6.45, 7) is 2.51. The molecule has 1 aliphatic carbocycles. The maximum atomic E-state index is 12.2. The third-order valence-electron chi connectivity index (χ3n) is 4.34. The zero-order valence-electron chi connectivity index (χ0n) is 13.6. The van der Waals surface area contributed by atoms with Crippen molar-refractivity contribution in [3.63, 3.8) is 0 Å². The van der Waals surface area contributed by atoms with E-state index in [1.165, 1.54) is 11.1 Å². The lowest BCUT2D eigenvalue weighted by molar-refractivity contribution is 0.235. The molecule has 4 heteroatoms. The smallest absolute Gasteiger partial charge is 0.315 e. The van der Waals surface area contributed by atoms with Gasteiger partial charge in [-0.15, -0.1) is 0 Å². The Balaban J connectivity index is 1.60. The van der Waals surface area contributed by atoms with Crippen LogP contribution >= 0.6 is 0 Å². The van der Waals surface area contributed by atoms with Crippen LogP contribution in [0.4, 0.5) is 4.79 Å². The van der Waals surface area contributed by atoms with Crippen LogP contribution in [-0.4, -0.2) is 13.1 Å². The van der Waals surface area contributed by atoms with Gasteiger partial charge in [-0.2, -0.15) is 0 Å². The fraction of sp³-hybridized carbons (Fsp3) is 0.316. The van der Waals surface area contributed by atoms with Crippen molar-refractivity contribution in [3.8, 4) is 5.75 Å². The summed E-state index contributed by atoms with van der Waals surface area (Å²) in [4.78, 5) is 12.2. The summed E-state index contributed by atoms with van der Waals surface area (Å²) in [6.07, 6.45) is 1.97. The normalized spacial score (nSPS) is 14.9. The number of para-hydroxylation sites is 1. The maximum Gasteiger partial charge on any atom is 0.315 e. The number of carbonyl (C=O) groups is 1. The van der Waals surface area contributed by atoms with Crippen molar-refractivity contribution in [2.45, 2.75) is 31.8 Å². The Kier molecular flexibility index (Phi) is 4.24. The van der Waals surface area contributed by atoms with Gasteiger partial charge in [-0.25, -0.2) is 4.79 Å². The van der Waals surface area contributed by atoms with E-state index in [1.807, 2.05) is 24.3 Å². The predicted octanol–water partition coefficient (Wildman–Crippen LogP) is 3.49. The Morgan fingerprint density at radius 1 is 1.13 bits per heavy atom. The standard InChI is InChI=1S/C19H22N2O2/c1-14-7-9-16(10-8-14)19(11-12-19)21-18(22)20-13-15-5-3-4-6-17(15)23-2/h3-10H,11-13H2,1-2H3,(H2,20,21,22). The zero-order chi connectivity index (χ0) is 16.3. The molecule has 0 heterocycles. The summed E-state index contributed by atoms with van der Waals surface area (Å²) in [5.41, 5.74) is 3.17. The summed E-state index contributed by atoms with van der Waals surface area (Å²) in [5.74, 6) is 0.785. The molecule has 1 saturated carbocycles. The number of urea groups is 1. The van der Waals surface area contributed by atoms with Crippen LogP contribution in [0.3, 0.4) is 0 Å². The van der Waals surface area contributed by atoms with Crippen molar-refractivity contribution < 1.29 is 9.53 Å². The average Bonchev–Trinajstić information content (AvgIpc) is 3.34. The summed E-state index contributed by atoms with van der Waals surface area (Å²) in [7, 11) is 1.63. The molecule has 4 nitrogen and oxygen atoms in total. The zero-order valence-corrected chi connectivity index (χ0v) is 13.6. The molecule has 1 fully saturated rings. The van der Waals surface area contributed by atoms with Gasteiger partial charge in [0.25, 0.3) is 0 Å². The van der Waals surface area contributed by atoms with Crippen LogP contribution in [0.1, 0.15) is 29.5 Å². The number of rotatable bonds is 5. The Bertz CT molecular complexity index is 691. The highest BCUT2D eigenvalue weighted by molar-refractivity contribution is 5.75. The number of methoxy groups -OCH3 is 1. The van der Waals surface area contributed by atoms with Gasteiger partial charge in [-0.05, 0) is 31.4 Å². The van der Waals surface area contributed by atoms with Crippen LogP contribution in [0.5, 0.6) is 5.75 Å². The number of carbonyl (C=O) groups excluding carboxylic acids is 1. The molecule has 2 aromatic rings. The Hall–Kier alpha value is -2.49. The first-order chi connectivity index (χ1) is 11.1. The van der Waals surface area contributed by atoms with Gasteiger partial charge < -0.3 is 15.4 Å². The van der Waals surface area contributed by atoms with Crippen molar-refractivity contribution in [3.05, 3.63) is 65.2 Å². The van der Waals surface area contributed by atoms with Crippen molar-refractivity contribution in [2.24, 2.45) is 0 Å². The first-order valence-corrected chi connectivity index (χ1v) is 7.88. The van der Waals surface area contributed by atoms with Crippen LogP contribution in [-0.2, 0) is 12.1 Å². The van der Waals surface area contributed by atoms with Gasteiger partial charge in [0.2, 0.25) is 0 Å². The van der Waals surface area contributed by atoms with E-state index >= 15 is 0 Å². The molecule has 0 radical (unpaired) electrons. The minimum atomic E-state index is -0.196. The lowest BCUT2D eigenvalue weighted by atomic mass is 10.0. The summed E-state index contributed by atoms with van der Waals surface area (Å²) >= 11 is 0. The molecular weight excluding hydrogens is 288 g/mol. The number of hydrogen-bond donors (Lipinski definition) is 2. The molecule has 3 rings (SSSR count). The molecule has 1 aliphatic rings. The quantitative estimate of drug-likeness (QED) is 0.888. The van der Waals surface area contributed by atoms with Gasteiger partial charge in [0.05, 0.1) is 12.6 Å². The van der Waals surface area contributed by atoms with Crippen molar-refractivity contribution >= 4 is 6.03 Å². The first kappa shape index (κ1) is 15.4. The van der Waals surface area contributed by atoms with E-state index in [0.29, 0.717) is 6.54 Å². The molecule has 2 N–H and O–H groups in total. The fourth-order valence-electron chi connectivity index (χ4n) is 2.77. The largest absolute Gasteiger partial charge is 0.496 e. The van der Waals surface area contributed by atoms with Crippen molar-refractivity contribution in [1.82, 2.24) is 10.6 Å². The number of benzene rings is 2. The highest BCUT2D eigenvalue weighted by atomic mass is 16.5. The molecule has 2 aromatic carbocycles. The summed E-state index contributed by atoms with van der Waals surface area (Å²) in [5, 5.41) is 6.04. The second-order valence-electron chi connectivity index (χ2n) is 6.07. The van der Waals surface area contributed by atoms with E-state index in [2.05, 4.69) is 41.8 Å². The van der Waals surface area contributed by atoms with Crippen LogP contribution in [0.2, 0.25) is 0 Å². The molecule has 0 bridgehead atoms. The van der Waals surface area contributed by atoms with Gasteiger partial charge >= 0.3 is 6.03 Å². The van der Waals surface area contributed by atoms with E-state index < -0.39 is 0 Å². The molecule has 0 atom stereocenters. The molecule has 0 spiro atoms. The minimum absolute atomic E-state index is 0.144. The molecule has 0 saturated heterocycles. The van der Waals surface area contributed by atoms with Gasteiger partial charge in [0.15, 0.2) is 0 Å². The third kappa shape index (κ3) is 3.47. The number of amides is 2. The molecule has 0 aliphatic heterocycles. The molecule has 2 amide bonds. The van der Waals surface area contributed by atoms with Crippen LogP contribution in [0, 0.1) is 6.92 Å². The number of nitrogens with one attached hydrogen (secondary N) is 2. The van der Waals surface area contributed by atoms with Crippen molar-refractivity contribution in [1.29, 1.82) is 0 Å². The van der Waals surface area contributed by atoms with Crippen LogP contribution in [0.25, 0.3) is 0 Å². The van der Waals surface area contributed by atoms with E-state index in [4.69, 9.17) is 4.74 Å². The second-order valence-corrected chi connectivity index (χ2v) is 6.07. The predicted molar refractivity (Wildman–Crippen MR) is 90.5 cm³/mol. The first-order valence-electron chi connectivity index (χ1n) is 7.88.